The second kappa shape index (κ2) is 8.89. The van der Waals surface area contributed by atoms with Gasteiger partial charge in [0.15, 0.2) is 0 Å². The van der Waals surface area contributed by atoms with E-state index in [4.69, 9.17) is 27.9 Å². The first-order chi connectivity index (χ1) is 16.0. The predicted octanol–water partition coefficient (Wildman–Crippen LogP) is 6.19. The van der Waals surface area contributed by atoms with Crippen molar-refractivity contribution in [2.45, 2.75) is 50.8 Å². The third-order valence-corrected chi connectivity index (χ3v) is 7.73. The highest BCUT2D eigenvalue weighted by Gasteiger charge is 2.47. The molecule has 0 radical (unpaired) electrons. The molecule has 2 fully saturated rings. The lowest BCUT2D eigenvalue weighted by Gasteiger charge is -2.36. The number of benzene rings is 2. The number of ether oxygens (including phenoxy) is 1. The molecule has 1 saturated heterocycles. The zero-order valence-electron chi connectivity index (χ0n) is 18.1. The highest BCUT2D eigenvalue weighted by molar-refractivity contribution is 6.42. The number of hydrogen-bond acceptors (Lipinski definition) is 4. The van der Waals surface area contributed by atoms with Gasteiger partial charge in [0, 0.05) is 6.54 Å². The highest BCUT2D eigenvalue weighted by atomic mass is 35.5. The average Bonchev–Trinajstić information content (AvgIpc) is 3.35. The van der Waals surface area contributed by atoms with Gasteiger partial charge in [-0.1, -0.05) is 41.8 Å². The molecular weight excluding hydrogens is 459 g/mol. The van der Waals surface area contributed by atoms with E-state index >= 15 is 0 Å². The van der Waals surface area contributed by atoms with Crippen LogP contribution in [0.15, 0.2) is 42.7 Å². The smallest absolute Gasteiger partial charge is 0.410 e. The summed E-state index contributed by atoms with van der Waals surface area (Å²) in [5.74, 6) is 0.456. The van der Waals surface area contributed by atoms with Crippen molar-refractivity contribution in [1.29, 1.82) is 5.26 Å². The summed E-state index contributed by atoms with van der Waals surface area (Å²) in [7, 11) is 0. The van der Waals surface area contributed by atoms with Crippen molar-refractivity contribution in [1.82, 2.24) is 14.5 Å². The van der Waals surface area contributed by atoms with Gasteiger partial charge in [0.05, 0.1) is 52.1 Å². The van der Waals surface area contributed by atoms with E-state index in [1.165, 1.54) is 0 Å². The first kappa shape index (κ1) is 22.1. The van der Waals surface area contributed by atoms with E-state index in [0.717, 1.165) is 55.2 Å². The summed E-state index contributed by atoms with van der Waals surface area (Å²) >= 11 is 12.5. The summed E-state index contributed by atoms with van der Waals surface area (Å²) < 4.78 is 8.08. The van der Waals surface area contributed by atoms with Gasteiger partial charge in [-0.05, 0) is 61.4 Å². The minimum absolute atomic E-state index is 0.281. The molecule has 33 heavy (non-hydrogen) atoms. The van der Waals surface area contributed by atoms with Gasteiger partial charge >= 0.3 is 6.09 Å². The Balaban J connectivity index is 1.25. The number of imidazole rings is 1. The van der Waals surface area contributed by atoms with Gasteiger partial charge in [-0.15, -0.1) is 0 Å². The molecule has 2 aromatic carbocycles. The van der Waals surface area contributed by atoms with Crippen LogP contribution in [0, 0.1) is 17.2 Å². The van der Waals surface area contributed by atoms with Crippen molar-refractivity contribution in [3.8, 4) is 6.07 Å². The van der Waals surface area contributed by atoms with Gasteiger partial charge in [0.1, 0.15) is 5.60 Å². The van der Waals surface area contributed by atoms with Crippen LogP contribution in [-0.2, 0) is 17.8 Å². The van der Waals surface area contributed by atoms with E-state index in [2.05, 4.69) is 15.6 Å². The Hall–Kier alpha value is -2.75. The van der Waals surface area contributed by atoms with Crippen molar-refractivity contribution in [3.63, 3.8) is 0 Å². The Labute approximate surface area is 202 Å². The standard InChI is InChI=1S/C25H24Cl2N4O2/c26-20-5-1-4-19(23(20)27)14-31-15-25(33-24(31)32)9-2-3-17(12-25)8-10-30-16-29-21-7-6-18(13-28)11-22(21)30/h1,4-7,11,16-17H,2-3,8-10,12,14-15H2/t17-,25+/m1/s1. The fourth-order valence-corrected chi connectivity index (χ4v) is 5.62. The molecule has 1 aliphatic carbocycles. The number of nitrogens with zero attached hydrogens (tertiary/aromatic N) is 4. The number of carbonyl (C=O) groups is 1. The monoisotopic (exact) mass is 482 g/mol. The van der Waals surface area contributed by atoms with Crippen LogP contribution < -0.4 is 0 Å². The fourth-order valence-electron chi connectivity index (χ4n) is 5.24. The van der Waals surface area contributed by atoms with Gasteiger partial charge in [-0.3, -0.25) is 4.90 Å². The zero-order chi connectivity index (χ0) is 23.0. The number of aromatic nitrogens is 2. The average molecular weight is 483 g/mol. The van der Waals surface area contributed by atoms with E-state index in [9.17, 15) is 10.1 Å². The van der Waals surface area contributed by atoms with E-state index in [1.807, 2.05) is 30.6 Å². The molecule has 8 heteroatoms. The topological polar surface area (TPSA) is 71.2 Å². The van der Waals surface area contributed by atoms with Gasteiger partial charge in [-0.25, -0.2) is 9.78 Å². The maximum Gasteiger partial charge on any atom is 0.410 e. The quantitative estimate of drug-likeness (QED) is 0.434. The van der Waals surface area contributed by atoms with Gasteiger partial charge < -0.3 is 9.30 Å². The van der Waals surface area contributed by atoms with Crippen LogP contribution in [0.25, 0.3) is 11.0 Å². The molecule has 1 aliphatic heterocycles. The lowest BCUT2D eigenvalue weighted by Crippen LogP contribution is -2.39. The van der Waals surface area contributed by atoms with Crippen molar-refractivity contribution in [3.05, 3.63) is 63.9 Å². The molecule has 170 valence electrons. The van der Waals surface area contributed by atoms with Gasteiger partial charge in [0.2, 0.25) is 0 Å². The Bertz CT molecular complexity index is 1250. The van der Waals surface area contributed by atoms with Crippen molar-refractivity contribution in [2.24, 2.45) is 5.92 Å². The lowest BCUT2D eigenvalue weighted by molar-refractivity contribution is 0.00485. The molecule has 0 unspecified atom stereocenters. The predicted molar refractivity (Wildman–Crippen MR) is 127 cm³/mol. The van der Waals surface area contributed by atoms with Crippen LogP contribution >= 0.6 is 23.2 Å². The Morgan fingerprint density at radius 1 is 1.27 bits per heavy atom. The first-order valence-electron chi connectivity index (χ1n) is 11.2. The fraction of sp³-hybridized carbons (Fsp3) is 0.400. The van der Waals surface area contributed by atoms with E-state index < -0.39 is 5.60 Å². The summed E-state index contributed by atoms with van der Waals surface area (Å²) in [6.45, 7) is 1.79. The third-order valence-electron chi connectivity index (χ3n) is 6.87. The molecular formula is C25H24Cl2N4O2. The minimum Gasteiger partial charge on any atom is -0.441 e. The molecule has 1 aromatic heterocycles. The SMILES string of the molecule is N#Cc1ccc2ncn(CC[C@H]3CCC[C@]4(C3)CN(Cc3cccc(Cl)c3Cl)C(=O)O4)c2c1. The second-order valence-electron chi connectivity index (χ2n) is 9.12. The highest BCUT2D eigenvalue weighted by Crippen LogP contribution is 2.42. The summed E-state index contributed by atoms with van der Waals surface area (Å²) in [6.07, 6.45) is 6.43. The molecule has 1 amide bonds. The Kier molecular flexibility index (Phi) is 5.94. The number of aryl methyl sites for hydroxylation is 1. The number of carbonyl (C=O) groups excluding carboxylic acids is 1. The molecule has 0 bridgehead atoms. The number of halogens is 2. The lowest BCUT2D eigenvalue weighted by atomic mass is 9.76. The molecule has 1 spiro atoms. The van der Waals surface area contributed by atoms with Crippen molar-refractivity contribution < 1.29 is 9.53 Å². The second-order valence-corrected chi connectivity index (χ2v) is 9.91. The van der Waals surface area contributed by atoms with Crippen molar-refractivity contribution >= 4 is 40.3 Å². The number of rotatable bonds is 5. The number of nitriles is 1. The largest absolute Gasteiger partial charge is 0.441 e. The molecule has 2 atom stereocenters. The summed E-state index contributed by atoms with van der Waals surface area (Å²) in [5.41, 5.74) is 2.91. The molecule has 3 aromatic rings. The minimum atomic E-state index is -0.434. The van der Waals surface area contributed by atoms with Crippen LogP contribution in [0.2, 0.25) is 10.0 Å². The summed E-state index contributed by atoms with van der Waals surface area (Å²) in [6, 6.07) is 13.2. The molecule has 6 nitrogen and oxygen atoms in total. The molecule has 0 N–H and O–H groups in total. The van der Waals surface area contributed by atoms with Crippen LogP contribution in [0.3, 0.4) is 0 Å². The van der Waals surface area contributed by atoms with Gasteiger partial charge in [-0.2, -0.15) is 5.26 Å². The molecule has 1 saturated carbocycles. The van der Waals surface area contributed by atoms with Crippen LogP contribution in [0.1, 0.15) is 43.2 Å². The Morgan fingerprint density at radius 3 is 3.00 bits per heavy atom. The van der Waals surface area contributed by atoms with E-state index in [-0.39, 0.29) is 6.09 Å². The van der Waals surface area contributed by atoms with Crippen LogP contribution in [0.5, 0.6) is 0 Å². The molecule has 5 rings (SSSR count). The van der Waals surface area contributed by atoms with Gasteiger partial charge in [0.25, 0.3) is 0 Å². The summed E-state index contributed by atoms with van der Waals surface area (Å²) in [5, 5.41) is 10.2. The molecule has 2 aliphatic rings. The number of amides is 1. The maximum atomic E-state index is 12.7. The van der Waals surface area contributed by atoms with Crippen LogP contribution in [0.4, 0.5) is 4.79 Å². The van der Waals surface area contributed by atoms with E-state index in [0.29, 0.717) is 34.6 Å². The Morgan fingerprint density at radius 2 is 2.15 bits per heavy atom. The number of fused-ring (bicyclic) bond motifs is 1. The third kappa shape index (κ3) is 4.40. The van der Waals surface area contributed by atoms with Crippen LogP contribution in [-0.4, -0.2) is 32.7 Å². The van der Waals surface area contributed by atoms with E-state index in [1.54, 1.807) is 17.0 Å². The molecule has 2 heterocycles. The normalized spacial score (nSPS) is 22.6. The maximum absolute atomic E-state index is 12.7. The first-order valence-corrected chi connectivity index (χ1v) is 12.0. The summed E-state index contributed by atoms with van der Waals surface area (Å²) in [4.78, 5) is 18.9. The zero-order valence-corrected chi connectivity index (χ0v) is 19.6. The van der Waals surface area contributed by atoms with Crippen molar-refractivity contribution in [2.75, 3.05) is 6.54 Å². The number of hydrogen-bond donors (Lipinski definition) is 0.